The fraction of sp³-hybridized carbons (Fsp3) is 0.929. The number of rotatable bonds is 10. The van der Waals surface area contributed by atoms with Crippen molar-refractivity contribution in [3.63, 3.8) is 0 Å². The van der Waals surface area contributed by atoms with E-state index in [1.54, 1.807) is 0 Å². The molecule has 0 spiro atoms. The van der Waals surface area contributed by atoms with Gasteiger partial charge in [0.25, 0.3) is 0 Å². The predicted molar refractivity (Wildman–Crippen MR) is 75.6 cm³/mol. The van der Waals surface area contributed by atoms with Crippen molar-refractivity contribution < 1.29 is 9.53 Å². The first-order chi connectivity index (χ1) is 8.47. The number of carbonyl (C=O) groups is 1. The molecular formula is C14H30N2O2. The Hall–Kier alpha value is -0.610. The average molecular weight is 258 g/mol. The number of hydrogen-bond donors (Lipinski definition) is 2. The summed E-state index contributed by atoms with van der Waals surface area (Å²) < 4.78 is 5.45. The fourth-order valence-corrected chi connectivity index (χ4v) is 1.63. The summed E-state index contributed by atoms with van der Waals surface area (Å²) in [6.45, 7) is 12.4. The molecule has 0 aromatic rings. The van der Waals surface area contributed by atoms with Crippen molar-refractivity contribution >= 4 is 5.91 Å². The van der Waals surface area contributed by atoms with Gasteiger partial charge in [-0.2, -0.15) is 0 Å². The van der Waals surface area contributed by atoms with Crippen LogP contribution in [0.2, 0.25) is 0 Å². The molecule has 4 nitrogen and oxygen atoms in total. The first-order valence-corrected chi connectivity index (χ1v) is 7.08. The zero-order valence-electron chi connectivity index (χ0n) is 12.6. The highest BCUT2D eigenvalue weighted by atomic mass is 16.5. The van der Waals surface area contributed by atoms with Crippen LogP contribution in [-0.4, -0.2) is 37.7 Å². The summed E-state index contributed by atoms with van der Waals surface area (Å²) in [6.07, 6.45) is 2.11. The fourth-order valence-electron chi connectivity index (χ4n) is 1.63. The standard InChI is InChI=1S/C14H30N2O2/c1-6-7-12(4)16-14(17)13(5)15-8-9-18-10-11(2)3/h11-13,15H,6-10H2,1-5H3,(H,16,17). The van der Waals surface area contributed by atoms with Gasteiger partial charge in [-0.05, 0) is 26.2 Å². The van der Waals surface area contributed by atoms with E-state index in [1.165, 1.54) is 0 Å². The molecule has 0 saturated heterocycles. The van der Waals surface area contributed by atoms with E-state index < -0.39 is 0 Å². The van der Waals surface area contributed by atoms with Crippen molar-refractivity contribution in [3.8, 4) is 0 Å². The monoisotopic (exact) mass is 258 g/mol. The van der Waals surface area contributed by atoms with Crippen LogP contribution in [-0.2, 0) is 9.53 Å². The molecule has 0 radical (unpaired) electrons. The van der Waals surface area contributed by atoms with Crippen LogP contribution in [0.4, 0.5) is 0 Å². The van der Waals surface area contributed by atoms with Crippen molar-refractivity contribution in [3.05, 3.63) is 0 Å². The molecule has 18 heavy (non-hydrogen) atoms. The molecule has 108 valence electrons. The number of ether oxygens (including phenoxy) is 1. The third-order valence-electron chi connectivity index (χ3n) is 2.65. The van der Waals surface area contributed by atoms with Crippen LogP contribution in [0, 0.1) is 5.92 Å². The molecule has 0 aliphatic heterocycles. The van der Waals surface area contributed by atoms with Crippen LogP contribution in [0.15, 0.2) is 0 Å². The van der Waals surface area contributed by atoms with Crippen molar-refractivity contribution in [2.45, 2.75) is 59.5 Å². The third-order valence-corrected chi connectivity index (χ3v) is 2.65. The van der Waals surface area contributed by atoms with Crippen molar-refractivity contribution in [1.29, 1.82) is 0 Å². The van der Waals surface area contributed by atoms with Crippen LogP contribution in [0.3, 0.4) is 0 Å². The molecule has 4 heteroatoms. The second-order valence-corrected chi connectivity index (χ2v) is 5.34. The van der Waals surface area contributed by atoms with Crippen molar-refractivity contribution in [1.82, 2.24) is 10.6 Å². The Bertz CT molecular complexity index is 220. The SMILES string of the molecule is CCCC(C)NC(=O)C(C)NCCOCC(C)C. The number of nitrogens with one attached hydrogen (secondary N) is 2. The van der Waals surface area contributed by atoms with E-state index >= 15 is 0 Å². The summed E-state index contributed by atoms with van der Waals surface area (Å²) in [4.78, 5) is 11.8. The van der Waals surface area contributed by atoms with Crippen LogP contribution in [0.1, 0.15) is 47.5 Å². The maximum absolute atomic E-state index is 11.8. The van der Waals surface area contributed by atoms with Gasteiger partial charge in [0.15, 0.2) is 0 Å². The summed E-state index contributed by atoms with van der Waals surface area (Å²) in [7, 11) is 0. The van der Waals surface area contributed by atoms with Crippen LogP contribution >= 0.6 is 0 Å². The predicted octanol–water partition coefficient (Wildman–Crippen LogP) is 1.94. The van der Waals surface area contributed by atoms with Gasteiger partial charge in [-0.15, -0.1) is 0 Å². The molecule has 0 bridgehead atoms. The Balaban J connectivity index is 3.61. The zero-order chi connectivity index (χ0) is 14.0. The molecule has 0 aliphatic rings. The molecule has 0 aromatic heterocycles. The third kappa shape index (κ3) is 9.42. The minimum absolute atomic E-state index is 0.0693. The highest BCUT2D eigenvalue weighted by molar-refractivity contribution is 5.81. The molecule has 2 N–H and O–H groups in total. The van der Waals surface area contributed by atoms with Crippen molar-refractivity contribution in [2.75, 3.05) is 19.8 Å². The summed E-state index contributed by atoms with van der Waals surface area (Å²) in [5.41, 5.74) is 0. The number of hydrogen-bond acceptors (Lipinski definition) is 3. The molecular weight excluding hydrogens is 228 g/mol. The van der Waals surface area contributed by atoms with E-state index in [9.17, 15) is 4.79 Å². The first-order valence-electron chi connectivity index (χ1n) is 7.08. The largest absolute Gasteiger partial charge is 0.380 e. The molecule has 2 unspecified atom stereocenters. The minimum Gasteiger partial charge on any atom is -0.380 e. The topological polar surface area (TPSA) is 50.4 Å². The maximum Gasteiger partial charge on any atom is 0.237 e. The summed E-state index contributed by atoms with van der Waals surface area (Å²) in [5.74, 6) is 0.625. The normalized spacial score (nSPS) is 14.6. The molecule has 1 amide bonds. The van der Waals surface area contributed by atoms with E-state index in [0.717, 1.165) is 19.4 Å². The van der Waals surface area contributed by atoms with E-state index in [1.807, 2.05) is 13.8 Å². The Morgan fingerprint density at radius 1 is 1.22 bits per heavy atom. The molecule has 0 heterocycles. The second kappa shape index (κ2) is 10.3. The van der Waals surface area contributed by atoms with Gasteiger partial charge in [-0.25, -0.2) is 0 Å². The van der Waals surface area contributed by atoms with Crippen LogP contribution < -0.4 is 10.6 Å². The Kier molecular flexibility index (Phi) is 9.98. The Morgan fingerprint density at radius 2 is 1.89 bits per heavy atom. The molecule has 2 atom stereocenters. The van der Waals surface area contributed by atoms with Gasteiger partial charge in [0.05, 0.1) is 12.6 Å². The van der Waals surface area contributed by atoms with Crippen molar-refractivity contribution in [2.24, 2.45) is 5.92 Å². The molecule has 0 rings (SSSR count). The van der Waals surface area contributed by atoms with E-state index in [2.05, 4.69) is 31.4 Å². The quantitative estimate of drug-likeness (QED) is 0.589. The van der Waals surface area contributed by atoms with E-state index in [4.69, 9.17) is 4.74 Å². The summed E-state index contributed by atoms with van der Waals surface area (Å²) in [5, 5.41) is 6.16. The smallest absolute Gasteiger partial charge is 0.237 e. The maximum atomic E-state index is 11.8. The molecule has 0 fully saturated rings. The first kappa shape index (κ1) is 17.4. The van der Waals surface area contributed by atoms with Crippen LogP contribution in [0.25, 0.3) is 0 Å². The Labute approximate surface area is 112 Å². The average Bonchev–Trinajstić information content (AvgIpc) is 2.28. The Morgan fingerprint density at radius 3 is 2.44 bits per heavy atom. The van der Waals surface area contributed by atoms with Gasteiger partial charge >= 0.3 is 0 Å². The molecule has 0 aromatic carbocycles. The summed E-state index contributed by atoms with van der Waals surface area (Å²) >= 11 is 0. The minimum atomic E-state index is -0.160. The van der Waals surface area contributed by atoms with Gasteiger partial charge < -0.3 is 15.4 Å². The van der Waals surface area contributed by atoms with Gasteiger partial charge in [0, 0.05) is 19.2 Å². The lowest BCUT2D eigenvalue weighted by Gasteiger charge is -2.18. The highest BCUT2D eigenvalue weighted by Gasteiger charge is 2.13. The lowest BCUT2D eigenvalue weighted by atomic mass is 10.2. The zero-order valence-corrected chi connectivity index (χ0v) is 12.6. The summed E-state index contributed by atoms with van der Waals surface area (Å²) in [6, 6.07) is 0.0934. The van der Waals surface area contributed by atoms with Gasteiger partial charge in [0.1, 0.15) is 0 Å². The number of carbonyl (C=O) groups excluding carboxylic acids is 1. The second-order valence-electron chi connectivity index (χ2n) is 5.34. The van der Waals surface area contributed by atoms with Gasteiger partial charge in [-0.3, -0.25) is 4.79 Å². The lowest BCUT2D eigenvalue weighted by Crippen LogP contribution is -2.46. The van der Waals surface area contributed by atoms with E-state index in [-0.39, 0.29) is 18.0 Å². The highest BCUT2D eigenvalue weighted by Crippen LogP contribution is 1.96. The number of amides is 1. The van der Waals surface area contributed by atoms with Gasteiger partial charge in [0.2, 0.25) is 5.91 Å². The molecule has 0 aliphatic carbocycles. The van der Waals surface area contributed by atoms with Crippen LogP contribution in [0.5, 0.6) is 0 Å². The lowest BCUT2D eigenvalue weighted by molar-refractivity contribution is -0.123. The van der Waals surface area contributed by atoms with Gasteiger partial charge in [-0.1, -0.05) is 27.2 Å². The van der Waals surface area contributed by atoms with E-state index in [0.29, 0.717) is 19.1 Å². The molecule has 0 saturated carbocycles.